The molecule has 0 saturated heterocycles. The first-order valence-corrected chi connectivity index (χ1v) is 6.51. The lowest BCUT2D eigenvalue weighted by Crippen LogP contribution is -2.06. The van der Waals surface area contributed by atoms with E-state index in [0.29, 0.717) is 23.2 Å². The number of hydrogen-bond donors (Lipinski definition) is 0. The maximum Gasteiger partial charge on any atom is 0.417 e. The quantitative estimate of drug-likeness (QED) is 0.667. The molecule has 0 N–H and O–H groups in total. The van der Waals surface area contributed by atoms with Crippen molar-refractivity contribution in [3.05, 3.63) is 59.4 Å². The van der Waals surface area contributed by atoms with Crippen LogP contribution in [0.4, 0.5) is 13.2 Å². The Morgan fingerprint density at radius 1 is 1.09 bits per heavy atom. The summed E-state index contributed by atoms with van der Waals surface area (Å²) >= 11 is 0. The van der Waals surface area contributed by atoms with E-state index < -0.39 is 11.7 Å². The number of carbonyl (C=O) groups is 1. The summed E-state index contributed by atoms with van der Waals surface area (Å²) in [6, 6.07) is 9.50. The van der Waals surface area contributed by atoms with Crippen molar-refractivity contribution in [2.75, 3.05) is 0 Å². The number of alkyl halides is 3. The van der Waals surface area contributed by atoms with Gasteiger partial charge in [0.05, 0.1) is 5.56 Å². The Morgan fingerprint density at radius 3 is 2.36 bits per heavy atom. The zero-order chi connectivity index (χ0) is 15.9. The number of aromatic nitrogens is 2. The molecule has 0 aliphatic heterocycles. The fraction of sp³-hybridized carbons (Fsp3) is 0.125. The Bertz CT molecular complexity index is 848. The summed E-state index contributed by atoms with van der Waals surface area (Å²) in [5.74, 6) is 0. The predicted octanol–water partition coefficient (Wildman–Crippen LogP) is 4.14. The molecule has 0 spiro atoms. The predicted molar refractivity (Wildman–Crippen MR) is 75.8 cm³/mol. The van der Waals surface area contributed by atoms with E-state index in [9.17, 15) is 18.0 Å². The smallest absolute Gasteiger partial charge is 0.296 e. The standard InChI is InChI=1S/C16H11F3N2O/c1-10-2-4-11(5-3-10)15-13(9-22)21-8-12(16(17,18)19)6-7-14(21)20-15/h2-9H,1H3. The van der Waals surface area contributed by atoms with Gasteiger partial charge in [0.15, 0.2) is 6.29 Å². The molecule has 2 aromatic heterocycles. The molecule has 0 unspecified atom stereocenters. The Labute approximate surface area is 124 Å². The number of fused-ring (bicyclic) bond motifs is 1. The highest BCUT2D eigenvalue weighted by molar-refractivity contribution is 5.86. The minimum atomic E-state index is -4.47. The van der Waals surface area contributed by atoms with Gasteiger partial charge in [0.25, 0.3) is 0 Å². The molecule has 0 aliphatic rings. The second-order valence-electron chi connectivity index (χ2n) is 4.97. The highest BCUT2D eigenvalue weighted by Crippen LogP contribution is 2.31. The first kappa shape index (κ1) is 14.3. The molecule has 3 rings (SSSR count). The second-order valence-corrected chi connectivity index (χ2v) is 4.97. The molecular weight excluding hydrogens is 293 g/mol. The zero-order valence-electron chi connectivity index (χ0n) is 11.6. The summed E-state index contributed by atoms with van der Waals surface area (Å²) in [6.07, 6.45) is -3.05. The summed E-state index contributed by atoms with van der Waals surface area (Å²) in [5.41, 5.74) is 1.67. The summed E-state index contributed by atoms with van der Waals surface area (Å²) in [4.78, 5) is 15.6. The van der Waals surface area contributed by atoms with E-state index in [1.54, 1.807) is 12.1 Å². The SMILES string of the molecule is Cc1ccc(-c2nc3ccc(C(F)(F)F)cn3c2C=O)cc1. The highest BCUT2D eigenvalue weighted by atomic mass is 19.4. The van der Waals surface area contributed by atoms with Crippen molar-refractivity contribution in [3.8, 4) is 11.3 Å². The van der Waals surface area contributed by atoms with E-state index in [2.05, 4.69) is 4.98 Å². The van der Waals surface area contributed by atoms with Crippen LogP contribution in [0.25, 0.3) is 16.9 Å². The number of aryl methyl sites for hydroxylation is 1. The maximum atomic E-state index is 12.8. The monoisotopic (exact) mass is 304 g/mol. The van der Waals surface area contributed by atoms with E-state index in [1.807, 2.05) is 19.1 Å². The second kappa shape index (κ2) is 4.98. The van der Waals surface area contributed by atoms with Crippen LogP contribution in [0.15, 0.2) is 42.6 Å². The Balaban J connectivity index is 2.24. The largest absolute Gasteiger partial charge is 0.417 e. The lowest BCUT2D eigenvalue weighted by atomic mass is 10.1. The first-order chi connectivity index (χ1) is 10.4. The third-order valence-corrected chi connectivity index (χ3v) is 3.42. The number of nitrogens with zero attached hydrogens (tertiary/aromatic N) is 2. The zero-order valence-corrected chi connectivity index (χ0v) is 11.6. The van der Waals surface area contributed by atoms with Gasteiger partial charge < -0.3 is 0 Å². The molecule has 6 heteroatoms. The van der Waals surface area contributed by atoms with Gasteiger partial charge in [0.1, 0.15) is 17.0 Å². The minimum Gasteiger partial charge on any atom is -0.296 e. The average Bonchev–Trinajstić information content (AvgIpc) is 2.84. The molecule has 3 nitrogen and oxygen atoms in total. The van der Waals surface area contributed by atoms with E-state index in [1.165, 1.54) is 10.5 Å². The van der Waals surface area contributed by atoms with Crippen LogP contribution < -0.4 is 0 Å². The summed E-state index contributed by atoms with van der Waals surface area (Å²) in [7, 11) is 0. The van der Waals surface area contributed by atoms with Crippen molar-refractivity contribution in [3.63, 3.8) is 0 Å². The Hall–Kier alpha value is -2.63. The van der Waals surface area contributed by atoms with Gasteiger partial charge in [-0.2, -0.15) is 13.2 Å². The van der Waals surface area contributed by atoms with Crippen molar-refractivity contribution < 1.29 is 18.0 Å². The van der Waals surface area contributed by atoms with Gasteiger partial charge in [-0.3, -0.25) is 9.20 Å². The maximum absolute atomic E-state index is 12.8. The van der Waals surface area contributed by atoms with Crippen LogP contribution in [-0.2, 0) is 6.18 Å². The fourth-order valence-electron chi connectivity index (χ4n) is 2.27. The van der Waals surface area contributed by atoms with Gasteiger partial charge in [-0.15, -0.1) is 0 Å². The van der Waals surface area contributed by atoms with Gasteiger partial charge in [-0.1, -0.05) is 29.8 Å². The van der Waals surface area contributed by atoms with Crippen molar-refractivity contribution >= 4 is 11.9 Å². The Kier molecular flexibility index (Phi) is 3.24. The van der Waals surface area contributed by atoms with E-state index >= 15 is 0 Å². The van der Waals surface area contributed by atoms with Crippen LogP contribution in [0.3, 0.4) is 0 Å². The molecule has 0 atom stereocenters. The van der Waals surface area contributed by atoms with Crippen LogP contribution in [-0.4, -0.2) is 15.7 Å². The minimum absolute atomic E-state index is 0.102. The lowest BCUT2D eigenvalue weighted by Gasteiger charge is -2.06. The van der Waals surface area contributed by atoms with E-state index in [4.69, 9.17) is 0 Å². The molecule has 0 radical (unpaired) electrons. The Morgan fingerprint density at radius 2 is 1.77 bits per heavy atom. The molecule has 0 aliphatic carbocycles. The van der Waals surface area contributed by atoms with E-state index in [0.717, 1.165) is 17.8 Å². The van der Waals surface area contributed by atoms with Gasteiger partial charge in [-0.05, 0) is 19.1 Å². The van der Waals surface area contributed by atoms with Crippen molar-refractivity contribution in [1.29, 1.82) is 0 Å². The fourth-order valence-corrected chi connectivity index (χ4v) is 2.27. The summed E-state index contributed by atoms with van der Waals surface area (Å²) < 4.78 is 39.6. The number of halogens is 3. The van der Waals surface area contributed by atoms with E-state index in [-0.39, 0.29) is 5.69 Å². The first-order valence-electron chi connectivity index (χ1n) is 6.51. The molecule has 0 saturated carbocycles. The molecule has 1 aromatic carbocycles. The molecule has 22 heavy (non-hydrogen) atoms. The van der Waals surface area contributed by atoms with Crippen LogP contribution in [0.5, 0.6) is 0 Å². The van der Waals surface area contributed by atoms with Crippen molar-refractivity contribution in [2.45, 2.75) is 13.1 Å². The number of hydrogen-bond acceptors (Lipinski definition) is 2. The number of benzene rings is 1. The molecule has 2 heterocycles. The summed E-state index contributed by atoms with van der Waals surface area (Å²) in [6.45, 7) is 1.92. The number of pyridine rings is 1. The third-order valence-electron chi connectivity index (χ3n) is 3.42. The molecule has 0 fully saturated rings. The van der Waals surface area contributed by atoms with Gasteiger partial charge in [-0.25, -0.2) is 4.98 Å². The van der Waals surface area contributed by atoms with Gasteiger partial charge in [0.2, 0.25) is 0 Å². The van der Waals surface area contributed by atoms with Crippen LogP contribution in [0, 0.1) is 6.92 Å². The van der Waals surface area contributed by atoms with Gasteiger partial charge in [0, 0.05) is 11.8 Å². The lowest BCUT2D eigenvalue weighted by molar-refractivity contribution is -0.137. The van der Waals surface area contributed by atoms with Crippen LogP contribution in [0.1, 0.15) is 21.6 Å². The molecular formula is C16H11F3N2O. The number of carbonyl (C=O) groups excluding carboxylic acids is 1. The number of aldehydes is 1. The average molecular weight is 304 g/mol. The van der Waals surface area contributed by atoms with Gasteiger partial charge >= 0.3 is 6.18 Å². The van der Waals surface area contributed by atoms with Crippen LogP contribution >= 0.6 is 0 Å². The number of imidazole rings is 1. The molecule has 3 aromatic rings. The molecule has 0 amide bonds. The normalized spacial score (nSPS) is 11.8. The molecule has 0 bridgehead atoms. The molecule has 112 valence electrons. The van der Waals surface area contributed by atoms with Crippen LogP contribution in [0.2, 0.25) is 0 Å². The highest BCUT2D eigenvalue weighted by Gasteiger charge is 2.31. The van der Waals surface area contributed by atoms with Crippen molar-refractivity contribution in [1.82, 2.24) is 9.38 Å². The topological polar surface area (TPSA) is 34.4 Å². The summed E-state index contributed by atoms with van der Waals surface area (Å²) in [5, 5.41) is 0. The van der Waals surface area contributed by atoms with Crippen molar-refractivity contribution in [2.24, 2.45) is 0 Å². The third kappa shape index (κ3) is 2.36. The number of rotatable bonds is 2.